The number of amides is 1. The molecule has 9 atom stereocenters. The lowest BCUT2D eigenvalue weighted by Crippen LogP contribution is -2.48. The normalized spacial score (nSPS) is 40.4. The molecule has 2 aromatic rings. The Morgan fingerprint density at radius 2 is 1.87 bits per heavy atom. The van der Waals surface area contributed by atoms with Crippen molar-refractivity contribution in [1.29, 1.82) is 0 Å². The molecule has 5 aliphatic rings. The molecule has 2 heterocycles. The fraction of sp³-hybridized carbons (Fsp3) is 0.618. The van der Waals surface area contributed by atoms with E-state index in [2.05, 4.69) is 38.2 Å². The van der Waals surface area contributed by atoms with E-state index in [1.807, 2.05) is 37.3 Å². The molecule has 2 saturated heterocycles. The van der Waals surface area contributed by atoms with Crippen LogP contribution in [0.5, 0.6) is 5.75 Å². The Balaban J connectivity index is 1.05. The van der Waals surface area contributed by atoms with Crippen molar-refractivity contribution < 1.29 is 19.0 Å². The topological polar surface area (TPSA) is 56.8 Å². The number of rotatable bonds is 2. The Morgan fingerprint density at radius 1 is 1.05 bits per heavy atom. The molecule has 1 amide bonds. The number of ether oxygens (including phenoxy) is 3. The average molecular weight is 530 g/mol. The van der Waals surface area contributed by atoms with Crippen molar-refractivity contribution in [1.82, 2.24) is 0 Å². The Kier molecular flexibility index (Phi) is 6.13. The Labute approximate surface area is 233 Å². The summed E-state index contributed by atoms with van der Waals surface area (Å²) in [5, 5.41) is 2.84. The van der Waals surface area contributed by atoms with Gasteiger partial charge in [-0.2, -0.15) is 0 Å². The van der Waals surface area contributed by atoms with Crippen molar-refractivity contribution in [3.8, 4) is 5.75 Å². The van der Waals surface area contributed by atoms with Crippen LogP contribution in [-0.4, -0.2) is 24.6 Å². The zero-order valence-electron chi connectivity index (χ0n) is 23.9. The van der Waals surface area contributed by atoms with Crippen LogP contribution >= 0.6 is 0 Å². The van der Waals surface area contributed by atoms with Crippen LogP contribution in [0.15, 0.2) is 42.5 Å². The first-order valence-electron chi connectivity index (χ1n) is 15.3. The molecule has 1 N–H and O–H groups in total. The van der Waals surface area contributed by atoms with Gasteiger partial charge in [0.05, 0.1) is 12.7 Å². The van der Waals surface area contributed by atoms with Crippen molar-refractivity contribution in [2.75, 3.05) is 11.9 Å². The van der Waals surface area contributed by atoms with Crippen molar-refractivity contribution in [3.05, 3.63) is 59.2 Å². The predicted octanol–water partition coefficient (Wildman–Crippen LogP) is 7.87. The van der Waals surface area contributed by atoms with Crippen molar-refractivity contribution in [2.24, 2.45) is 35.0 Å². The van der Waals surface area contributed by atoms with Crippen LogP contribution in [0.4, 0.5) is 10.5 Å². The Bertz CT molecular complexity index is 1250. The van der Waals surface area contributed by atoms with Gasteiger partial charge in [0.1, 0.15) is 5.75 Å². The molecule has 0 unspecified atom stereocenters. The molecular weight excluding hydrogens is 486 g/mol. The lowest BCUT2D eigenvalue weighted by atomic mass is 9.53. The summed E-state index contributed by atoms with van der Waals surface area (Å²) in [5.41, 5.74) is 5.06. The fourth-order valence-corrected chi connectivity index (χ4v) is 9.53. The second-order valence-corrected chi connectivity index (χ2v) is 13.7. The van der Waals surface area contributed by atoms with E-state index in [0.717, 1.165) is 30.7 Å². The summed E-state index contributed by atoms with van der Waals surface area (Å²) in [6.07, 6.45) is 8.11. The molecule has 2 aliphatic heterocycles. The fourth-order valence-electron chi connectivity index (χ4n) is 9.53. The maximum Gasteiger partial charge on any atom is 0.417 e. The molecule has 3 aliphatic carbocycles. The molecule has 5 nitrogen and oxygen atoms in total. The van der Waals surface area contributed by atoms with Crippen LogP contribution in [0, 0.1) is 41.9 Å². The smallest absolute Gasteiger partial charge is 0.410 e. The van der Waals surface area contributed by atoms with E-state index in [0.29, 0.717) is 52.8 Å². The molecule has 2 aromatic carbocycles. The lowest BCUT2D eigenvalue weighted by molar-refractivity contribution is -0.272. The van der Waals surface area contributed by atoms with Crippen LogP contribution in [0.1, 0.15) is 81.9 Å². The predicted molar refractivity (Wildman–Crippen MR) is 152 cm³/mol. The molecule has 208 valence electrons. The van der Waals surface area contributed by atoms with Gasteiger partial charge in [-0.15, -0.1) is 0 Å². The molecule has 4 fully saturated rings. The number of nitrogens with one attached hydrogen (secondary N) is 1. The molecule has 1 spiro atoms. The summed E-state index contributed by atoms with van der Waals surface area (Å²) in [5.74, 6) is 3.99. The highest BCUT2D eigenvalue weighted by molar-refractivity contribution is 5.86. The maximum absolute atomic E-state index is 12.5. The maximum atomic E-state index is 12.5. The number of hydrogen-bond donors (Lipinski definition) is 1. The van der Waals surface area contributed by atoms with Gasteiger partial charge in [0.15, 0.2) is 5.79 Å². The summed E-state index contributed by atoms with van der Waals surface area (Å²) in [7, 11) is 0. The monoisotopic (exact) mass is 529 g/mol. The summed E-state index contributed by atoms with van der Waals surface area (Å²) >= 11 is 0. The van der Waals surface area contributed by atoms with Crippen molar-refractivity contribution in [2.45, 2.75) is 90.4 Å². The van der Waals surface area contributed by atoms with E-state index >= 15 is 0 Å². The number of hydrogen-bond acceptors (Lipinski definition) is 4. The third kappa shape index (κ3) is 4.14. The van der Waals surface area contributed by atoms with Gasteiger partial charge in [-0.1, -0.05) is 44.5 Å². The van der Waals surface area contributed by atoms with E-state index in [1.54, 1.807) is 0 Å². The average Bonchev–Trinajstić information content (AvgIpc) is 3.37. The molecule has 7 rings (SSSR count). The molecule has 0 radical (unpaired) electrons. The van der Waals surface area contributed by atoms with Crippen molar-refractivity contribution >= 4 is 11.8 Å². The number of anilines is 1. The van der Waals surface area contributed by atoms with Gasteiger partial charge >= 0.3 is 6.09 Å². The molecule has 2 saturated carbocycles. The first kappa shape index (κ1) is 25.6. The van der Waals surface area contributed by atoms with Crippen LogP contribution in [-0.2, 0) is 15.9 Å². The molecule has 0 bridgehead atoms. The van der Waals surface area contributed by atoms with E-state index in [-0.39, 0.29) is 5.79 Å². The van der Waals surface area contributed by atoms with E-state index < -0.39 is 6.09 Å². The van der Waals surface area contributed by atoms with Gasteiger partial charge in [0.25, 0.3) is 0 Å². The number of fused-ring (bicyclic) bond motifs is 7. The largest absolute Gasteiger partial charge is 0.417 e. The molecule has 0 aromatic heterocycles. The zero-order chi connectivity index (χ0) is 26.9. The third-order valence-corrected chi connectivity index (χ3v) is 11.5. The molecular formula is C34H43NO4. The number of aryl methyl sites for hydroxylation is 2. The first-order chi connectivity index (χ1) is 18.8. The van der Waals surface area contributed by atoms with E-state index in [4.69, 9.17) is 14.2 Å². The van der Waals surface area contributed by atoms with Gasteiger partial charge in [-0.3, -0.25) is 5.32 Å². The second kappa shape index (κ2) is 9.34. The van der Waals surface area contributed by atoms with Gasteiger partial charge in [0, 0.05) is 18.0 Å². The first-order valence-corrected chi connectivity index (χ1v) is 15.3. The second-order valence-electron chi connectivity index (χ2n) is 13.7. The van der Waals surface area contributed by atoms with E-state index in [9.17, 15) is 4.79 Å². The summed E-state index contributed by atoms with van der Waals surface area (Å²) < 4.78 is 19.1. The van der Waals surface area contributed by atoms with Gasteiger partial charge in [-0.25, -0.2) is 4.79 Å². The SMILES string of the molecule is Cc1ccc(NC(=O)Oc2ccc3c(c2)CC[C@@H]2[C@@H]3CC[C@]3(C)[C@@H]4[C@H](C[C@@H]23)O[C@]2(CC[C@@H](C)CO2)[C@H]4C)cc1. The van der Waals surface area contributed by atoms with Crippen LogP contribution in [0.2, 0.25) is 0 Å². The summed E-state index contributed by atoms with van der Waals surface area (Å²) in [6, 6.07) is 14.1. The quantitative estimate of drug-likeness (QED) is 0.430. The minimum Gasteiger partial charge on any atom is -0.410 e. The molecule has 5 heteroatoms. The summed E-state index contributed by atoms with van der Waals surface area (Å²) in [4.78, 5) is 12.5. The minimum absolute atomic E-state index is 0.329. The minimum atomic E-state index is -0.443. The number of carbonyl (C=O) groups is 1. The van der Waals surface area contributed by atoms with Crippen LogP contribution < -0.4 is 10.1 Å². The van der Waals surface area contributed by atoms with Gasteiger partial charge in [0.2, 0.25) is 0 Å². The zero-order valence-corrected chi connectivity index (χ0v) is 23.9. The van der Waals surface area contributed by atoms with Crippen LogP contribution in [0.25, 0.3) is 0 Å². The molecule has 39 heavy (non-hydrogen) atoms. The van der Waals surface area contributed by atoms with Gasteiger partial charge < -0.3 is 14.2 Å². The number of benzene rings is 2. The van der Waals surface area contributed by atoms with E-state index in [1.165, 1.54) is 43.2 Å². The van der Waals surface area contributed by atoms with Crippen LogP contribution in [0.3, 0.4) is 0 Å². The summed E-state index contributed by atoms with van der Waals surface area (Å²) in [6.45, 7) is 10.2. The third-order valence-electron chi connectivity index (χ3n) is 11.5. The number of carbonyl (C=O) groups excluding carboxylic acids is 1. The van der Waals surface area contributed by atoms with Gasteiger partial charge in [-0.05, 0) is 116 Å². The highest BCUT2D eigenvalue weighted by Gasteiger charge is 2.67. The standard InChI is InChI=1S/C34H43NO4/c1-20-5-8-24(9-6-20)35-32(36)38-25-10-12-26-23(17-25)7-11-28-27(26)14-15-33(4)29(28)18-30-31(33)22(3)34(39-30)16-13-21(2)19-37-34/h5-6,8-10,12,17,21-22,27-31H,7,11,13-16,18-19H2,1-4H3,(H,35,36)/t21-,22+,27-,28-,29+,30+,31+,33+,34-/m1/s1. The lowest BCUT2D eigenvalue weighted by Gasteiger charge is -2.52. The Morgan fingerprint density at radius 3 is 2.64 bits per heavy atom. The highest BCUT2D eigenvalue weighted by Crippen LogP contribution is 2.69. The Hall–Kier alpha value is -2.37. The highest BCUT2D eigenvalue weighted by atomic mass is 16.7. The van der Waals surface area contributed by atoms with Crippen molar-refractivity contribution in [3.63, 3.8) is 0 Å².